The lowest BCUT2D eigenvalue weighted by molar-refractivity contribution is -0.139. The maximum atomic E-state index is 11.8. The van der Waals surface area contributed by atoms with Crippen LogP contribution in [0.1, 0.15) is 24.2 Å². The van der Waals surface area contributed by atoms with Gasteiger partial charge in [0.1, 0.15) is 12.4 Å². The third-order valence-corrected chi connectivity index (χ3v) is 2.85. The summed E-state index contributed by atoms with van der Waals surface area (Å²) in [6.45, 7) is 4.05. The van der Waals surface area contributed by atoms with Crippen molar-refractivity contribution in [2.24, 2.45) is 0 Å². The van der Waals surface area contributed by atoms with Crippen molar-refractivity contribution in [2.45, 2.75) is 19.9 Å². The number of aromatic nitrogens is 1. The molecule has 6 heteroatoms. The third kappa shape index (κ3) is 3.94. The highest BCUT2D eigenvalue weighted by Gasteiger charge is 2.17. The van der Waals surface area contributed by atoms with Gasteiger partial charge in [0.25, 0.3) is 5.91 Å². The average Bonchev–Trinajstić information content (AvgIpc) is 2.43. The molecule has 1 amide bonds. The maximum Gasteiger partial charge on any atom is 0.325 e. The van der Waals surface area contributed by atoms with Crippen LogP contribution in [-0.2, 0) is 9.53 Å². The van der Waals surface area contributed by atoms with Crippen molar-refractivity contribution < 1.29 is 14.3 Å². The quantitative estimate of drug-likeness (QED) is 0.757. The third-order valence-electron chi connectivity index (χ3n) is 2.85. The fourth-order valence-electron chi connectivity index (χ4n) is 1.67. The molecule has 0 aliphatic carbocycles. The lowest BCUT2D eigenvalue weighted by Crippen LogP contribution is -2.36. The van der Waals surface area contributed by atoms with Crippen LogP contribution in [0.2, 0.25) is 0 Å². The number of rotatable bonds is 5. The predicted molar refractivity (Wildman–Crippen MR) is 76.8 cm³/mol. The summed E-state index contributed by atoms with van der Waals surface area (Å²) in [4.78, 5) is 30.8. The Bertz CT molecular complexity index is 469. The molecule has 0 aromatic carbocycles. The Balaban J connectivity index is 2.94. The van der Waals surface area contributed by atoms with Crippen molar-refractivity contribution in [1.29, 1.82) is 0 Å². The Labute approximate surface area is 119 Å². The zero-order valence-corrected chi connectivity index (χ0v) is 12.6. The van der Waals surface area contributed by atoms with Crippen molar-refractivity contribution >= 4 is 17.7 Å². The second-order valence-corrected chi connectivity index (χ2v) is 4.90. The van der Waals surface area contributed by atoms with Crippen LogP contribution in [0.3, 0.4) is 0 Å². The molecule has 0 unspecified atom stereocenters. The van der Waals surface area contributed by atoms with Gasteiger partial charge in [-0.25, -0.2) is 4.98 Å². The molecule has 0 saturated heterocycles. The number of methoxy groups -OCH3 is 1. The number of carbonyl (C=O) groups excluding carboxylic acids is 2. The molecule has 0 bridgehead atoms. The second kappa shape index (κ2) is 6.88. The van der Waals surface area contributed by atoms with Crippen LogP contribution in [0.4, 0.5) is 5.82 Å². The van der Waals surface area contributed by atoms with Gasteiger partial charge in [-0.05, 0) is 26.0 Å². The van der Waals surface area contributed by atoms with Gasteiger partial charge in [0.15, 0.2) is 0 Å². The van der Waals surface area contributed by atoms with Crippen molar-refractivity contribution in [3.63, 3.8) is 0 Å². The van der Waals surface area contributed by atoms with Crippen molar-refractivity contribution in [2.75, 3.05) is 32.6 Å². The van der Waals surface area contributed by atoms with Crippen LogP contribution in [0, 0.1) is 0 Å². The Kier molecular flexibility index (Phi) is 5.49. The summed E-state index contributed by atoms with van der Waals surface area (Å²) in [5.41, 5.74) is 0.514. The standard InChI is InChI=1S/C14H21N3O3/c1-10(2)17(9-13(18)20-5)12-7-6-11(8-15-12)14(19)16(3)4/h6-8,10H,9H2,1-5H3. The molecule has 1 aromatic heterocycles. The van der Waals surface area contributed by atoms with Gasteiger partial charge < -0.3 is 14.5 Å². The minimum Gasteiger partial charge on any atom is -0.468 e. The first-order valence-electron chi connectivity index (χ1n) is 6.38. The zero-order chi connectivity index (χ0) is 15.3. The summed E-state index contributed by atoms with van der Waals surface area (Å²) >= 11 is 0. The highest BCUT2D eigenvalue weighted by molar-refractivity contribution is 5.93. The molecule has 1 aromatic rings. The van der Waals surface area contributed by atoms with E-state index < -0.39 is 0 Å². The predicted octanol–water partition coefficient (Wildman–Crippen LogP) is 1.17. The molecule has 110 valence electrons. The summed E-state index contributed by atoms with van der Waals surface area (Å²) < 4.78 is 4.68. The number of carbonyl (C=O) groups is 2. The van der Waals surface area contributed by atoms with E-state index >= 15 is 0 Å². The van der Waals surface area contributed by atoms with E-state index in [9.17, 15) is 9.59 Å². The normalized spacial score (nSPS) is 10.3. The summed E-state index contributed by atoms with van der Waals surface area (Å²) in [6, 6.07) is 3.54. The van der Waals surface area contributed by atoms with Gasteiger partial charge in [-0.3, -0.25) is 9.59 Å². The van der Waals surface area contributed by atoms with Crippen LogP contribution in [0.5, 0.6) is 0 Å². The molecule has 0 N–H and O–H groups in total. The topological polar surface area (TPSA) is 62.7 Å². The van der Waals surface area contributed by atoms with E-state index in [1.54, 1.807) is 26.2 Å². The summed E-state index contributed by atoms with van der Waals surface area (Å²) in [7, 11) is 4.73. The second-order valence-electron chi connectivity index (χ2n) is 4.90. The van der Waals surface area contributed by atoms with E-state index in [-0.39, 0.29) is 24.5 Å². The van der Waals surface area contributed by atoms with Crippen molar-refractivity contribution in [3.05, 3.63) is 23.9 Å². The van der Waals surface area contributed by atoms with Crippen molar-refractivity contribution in [3.8, 4) is 0 Å². The molecule has 0 spiro atoms. The Morgan fingerprint density at radius 1 is 1.30 bits per heavy atom. The lowest BCUT2D eigenvalue weighted by atomic mass is 10.2. The van der Waals surface area contributed by atoms with E-state index in [0.717, 1.165) is 0 Å². The molecule has 0 aliphatic rings. The van der Waals surface area contributed by atoms with Gasteiger partial charge >= 0.3 is 5.97 Å². The monoisotopic (exact) mass is 279 g/mol. The number of pyridine rings is 1. The van der Waals surface area contributed by atoms with Crippen molar-refractivity contribution in [1.82, 2.24) is 9.88 Å². The summed E-state index contributed by atoms with van der Waals surface area (Å²) in [6.07, 6.45) is 1.52. The number of anilines is 1. The Morgan fingerprint density at radius 3 is 2.35 bits per heavy atom. The van der Waals surface area contributed by atoms with E-state index in [1.807, 2.05) is 18.7 Å². The molecular weight excluding hydrogens is 258 g/mol. The fraction of sp³-hybridized carbons (Fsp3) is 0.500. The molecule has 0 aliphatic heterocycles. The molecule has 0 fully saturated rings. The van der Waals surface area contributed by atoms with E-state index in [4.69, 9.17) is 0 Å². The highest BCUT2D eigenvalue weighted by atomic mass is 16.5. The largest absolute Gasteiger partial charge is 0.468 e. The van der Waals surface area contributed by atoms with Gasteiger partial charge in [0.2, 0.25) is 0 Å². The SMILES string of the molecule is COC(=O)CN(c1ccc(C(=O)N(C)C)cn1)C(C)C. The number of hydrogen-bond donors (Lipinski definition) is 0. The van der Waals surface area contributed by atoms with Crippen LogP contribution in [0.25, 0.3) is 0 Å². The van der Waals surface area contributed by atoms with Gasteiger partial charge in [-0.1, -0.05) is 0 Å². The van der Waals surface area contributed by atoms with Crippen LogP contribution in [0.15, 0.2) is 18.3 Å². The number of esters is 1. The van der Waals surface area contributed by atoms with Gasteiger partial charge in [-0.15, -0.1) is 0 Å². The fourth-order valence-corrected chi connectivity index (χ4v) is 1.67. The van der Waals surface area contributed by atoms with E-state index in [2.05, 4.69) is 9.72 Å². The molecular formula is C14H21N3O3. The molecule has 6 nitrogen and oxygen atoms in total. The zero-order valence-electron chi connectivity index (χ0n) is 12.6. The molecule has 1 heterocycles. The van der Waals surface area contributed by atoms with Crippen LogP contribution >= 0.6 is 0 Å². The number of nitrogens with zero attached hydrogens (tertiary/aromatic N) is 3. The molecule has 1 rings (SSSR count). The minimum absolute atomic E-state index is 0.0944. The molecule has 0 radical (unpaired) electrons. The minimum atomic E-state index is -0.325. The van der Waals surface area contributed by atoms with E-state index in [0.29, 0.717) is 11.4 Å². The number of ether oxygens (including phenoxy) is 1. The summed E-state index contributed by atoms with van der Waals surface area (Å²) in [5.74, 6) is 0.211. The molecule has 20 heavy (non-hydrogen) atoms. The smallest absolute Gasteiger partial charge is 0.325 e. The highest BCUT2D eigenvalue weighted by Crippen LogP contribution is 2.15. The first kappa shape index (κ1) is 15.9. The van der Waals surface area contributed by atoms with Gasteiger partial charge in [0, 0.05) is 26.3 Å². The maximum absolute atomic E-state index is 11.8. The Hall–Kier alpha value is -2.11. The molecule has 0 atom stereocenters. The first-order valence-corrected chi connectivity index (χ1v) is 6.38. The van der Waals surface area contributed by atoms with Gasteiger partial charge in [-0.2, -0.15) is 0 Å². The molecule has 0 saturated carbocycles. The Morgan fingerprint density at radius 2 is 1.95 bits per heavy atom. The van der Waals surface area contributed by atoms with E-state index in [1.165, 1.54) is 18.2 Å². The lowest BCUT2D eigenvalue weighted by Gasteiger charge is -2.26. The van der Waals surface area contributed by atoms with Gasteiger partial charge in [0.05, 0.1) is 12.7 Å². The van der Waals surface area contributed by atoms with Crippen LogP contribution < -0.4 is 4.90 Å². The average molecular weight is 279 g/mol. The number of hydrogen-bond acceptors (Lipinski definition) is 5. The first-order chi connectivity index (χ1) is 9.36. The summed E-state index contributed by atoms with van der Waals surface area (Å²) in [5, 5.41) is 0. The van der Waals surface area contributed by atoms with Crippen LogP contribution in [-0.4, -0.2) is 55.6 Å². The number of amides is 1.